The Hall–Kier alpha value is -1.42. The molecule has 2 N–H and O–H groups in total. The zero-order chi connectivity index (χ0) is 9.97. The fraction of sp³-hybridized carbons (Fsp3) is 0.400. The van der Waals surface area contributed by atoms with Crippen molar-refractivity contribution in [1.29, 1.82) is 0 Å². The first kappa shape index (κ1) is 9.15. The number of nitrogens with zero attached hydrogens (tertiary/aromatic N) is 2. The predicted octanol–water partition coefficient (Wildman–Crippen LogP) is -0.206. The molecule has 4 heteroatoms. The van der Waals surface area contributed by atoms with Crippen LogP contribution in [0.15, 0.2) is 24.5 Å². The van der Waals surface area contributed by atoms with E-state index < -0.39 is 0 Å². The normalized spacial score (nSPS) is 20.8. The Kier molecular flexibility index (Phi) is 2.45. The van der Waals surface area contributed by atoms with Gasteiger partial charge in [-0.15, -0.1) is 0 Å². The number of rotatable bonds is 3. The number of nitrogens with two attached hydrogens (primary N) is 1. The van der Waals surface area contributed by atoms with Crippen LogP contribution in [0.1, 0.15) is 5.56 Å². The van der Waals surface area contributed by atoms with Crippen LogP contribution in [-0.2, 0) is 11.2 Å². The summed E-state index contributed by atoms with van der Waals surface area (Å²) in [5, 5.41) is 0. The van der Waals surface area contributed by atoms with Crippen LogP contribution >= 0.6 is 0 Å². The van der Waals surface area contributed by atoms with Crippen molar-refractivity contribution in [3.63, 3.8) is 0 Å². The highest BCUT2D eigenvalue weighted by Crippen LogP contribution is 2.09. The zero-order valence-corrected chi connectivity index (χ0v) is 7.89. The van der Waals surface area contributed by atoms with E-state index in [1.54, 1.807) is 11.1 Å². The maximum absolute atomic E-state index is 11.2. The Morgan fingerprint density at radius 1 is 1.64 bits per heavy atom. The Morgan fingerprint density at radius 2 is 2.50 bits per heavy atom. The molecular formula is C10H13N3O. The molecule has 1 fully saturated rings. The molecule has 1 saturated heterocycles. The summed E-state index contributed by atoms with van der Waals surface area (Å²) in [5.74, 6) is 0.0638. The van der Waals surface area contributed by atoms with Crippen molar-refractivity contribution in [3.05, 3.63) is 30.1 Å². The largest absolute Gasteiger partial charge is 0.339 e. The molecule has 1 aliphatic rings. The zero-order valence-electron chi connectivity index (χ0n) is 7.89. The lowest BCUT2D eigenvalue weighted by Crippen LogP contribution is -2.61. The van der Waals surface area contributed by atoms with Gasteiger partial charge in [0, 0.05) is 25.5 Å². The number of carbonyl (C=O) groups is 1. The highest BCUT2D eigenvalue weighted by atomic mass is 16.2. The molecule has 1 aromatic heterocycles. The Labute approximate surface area is 82.7 Å². The first-order chi connectivity index (χ1) is 6.77. The molecule has 14 heavy (non-hydrogen) atoms. The molecular weight excluding hydrogens is 178 g/mol. The molecule has 0 aliphatic carbocycles. The predicted molar refractivity (Wildman–Crippen MR) is 52.5 cm³/mol. The number of pyridine rings is 1. The fourth-order valence-corrected chi connectivity index (χ4v) is 1.54. The van der Waals surface area contributed by atoms with Crippen LogP contribution in [0.2, 0.25) is 0 Å². The average molecular weight is 191 g/mol. The summed E-state index contributed by atoms with van der Waals surface area (Å²) >= 11 is 0. The van der Waals surface area contributed by atoms with Gasteiger partial charge in [-0.3, -0.25) is 9.78 Å². The summed E-state index contributed by atoms with van der Waals surface area (Å²) in [6, 6.07) is 3.65. The van der Waals surface area contributed by atoms with Gasteiger partial charge in [0.05, 0.1) is 0 Å². The standard InChI is InChI=1S/C10H13N3O/c11-9-7-13(10(9)14)5-3-8-2-1-4-12-6-8/h1-2,4,6,9H,3,5,7,11H2. The second-order valence-corrected chi connectivity index (χ2v) is 3.50. The number of hydrogen-bond acceptors (Lipinski definition) is 3. The maximum Gasteiger partial charge on any atom is 0.241 e. The first-order valence-corrected chi connectivity index (χ1v) is 4.70. The molecule has 1 unspecified atom stereocenters. The van der Waals surface area contributed by atoms with Crippen LogP contribution in [-0.4, -0.2) is 34.9 Å². The monoisotopic (exact) mass is 191 g/mol. The minimum atomic E-state index is -0.260. The van der Waals surface area contributed by atoms with Gasteiger partial charge in [-0.2, -0.15) is 0 Å². The summed E-state index contributed by atoms with van der Waals surface area (Å²) in [4.78, 5) is 17.0. The topological polar surface area (TPSA) is 59.2 Å². The van der Waals surface area contributed by atoms with Gasteiger partial charge < -0.3 is 10.6 Å². The third-order valence-corrected chi connectivity index (χ3v) is 2.44. The van der Waals surface area contributed by atoms with Crippen molar-refractivity contribution >= 4 is 5.91 Å². The highest BCUT2D eigenvalue weighted by molar-refractivity contribution is 5.87. The quantitative estimate of drug-likeness (QED) is 0.673. The van der Waals surface area contributed by atoms with Gasteiger partial charge in [0.1, 0.15) is 6.04 Å². The molecule has 1 aliphatic heterocycles. The summed E-state index contributed by atoms with van der Waals surface area (Å²) < 4.78 is 0. The summed E-state index contributed by atoms with van der Waals surface area (Å²) in [5.41, 5.74) is 6.63. The highest BCUT2D eigenvalue weighted by Gasteiger charge is 2.32. The Morgan fingerprint density at radius 3 is 3.07 bits per heavy atom. The van der Waals surface area contributed by atoms with Crippen LogP contribution in [0.4, 0.5) is 0 Å². The first-order valence-electron chi connectivity index (χ1n) is 4.70. The molecule has 1 amide bonds. The number of likely N-dealkylation sites (tertiary alicyclic amines) is 1. The van der Waals surface area contributed by atoms with Gasteiger partial charge in [-0.25, -0.2) is 0 Å². The molecule has 0 bridgehead atoms. The minimum Gasteiger partial charge on any atom is -0.339 e. The van der Waals surface area contributed by atoms with Crippen molar-refractivity contribution in [1.82, 2.24) is 9.88 Å². The van der Waals surface area contributed by atoms with E-state index in [1.807, 2.05) is 18.3 Å². The lowest BCUT2D eigenvalue weighted by molar-refractivity contribution is -0.142. The number of aromatic nitrogens is 1. The summed E-state index contributed by atoms with van der Waals surface area (Å²) in [6.07, 6.45) is 4.42. The molecule has 0 saturated carbocycles. The van der Waals surface area contributed by atoms with E-state index in [2.05, 4.69) is 4.98 Å². The molecule has 4 nitrogen and oxygen atoms in total. The smallest absolute Gasteiger partial charge is 0.241 e. The lowest BCUT2D eigenvalue weighted by Gasteiger charge is -2.36. The number of amides is 1. The molecule has 74 valence electrons. The molecule has 1 atom stereocenters. The van der Waals surface area contributed by atoms with Gasteiger partial charge in [-0.05, 0) is 18.1 Å². The van der Waals surface area contributed by atoms with Gasteiger partial charge in [0.25, 0.3) is 0 Å². The van der Waals surface area contributed by atoms with E-state index in [0.29, 0.717) is 6.54 Å². The van der Waals surface area contributed by atoms with Gasteiger partial charge in [0.15, 0.2) is 0 Å². The van der Waals surface area contributed by atoms with Crippen molar-refractivity contribution < 1.29 is 4.79 Å². The Balaban J connectivity index is 1.82. The van der Waals surface area contributed by atoms with E-state index in [0.717, 1.165) is 18.5 Å². The van der Waals surface area contributed by atoms with Gasteiger partial charge in [0.2, 0.25) is 5.91 Å². The van der Waals surface area contributed by atoms with Gasteiger partial charge in [-0.1, -0.05) is 6.07 Å². The van der Waals surface area contributed by atoms with Gasteiger partial charge >= 0.3 is 0 Å². The molecule has 0 radical (unpaired) electrons. The van der Waals surface area contributed by atoms with Crippen LogP contribution in [0.3, 0.4) is 0 Å². The number of β-lactam (4-membered cyclic amide) rings is 1. The number of hydrogen-bond donors (Lipinski definition) is 1. The van der Waals surface area contributed by atoms with Crippen molar-refractivity contribution in [2.75, 3.05) is 13.1 Å². The second kappa shape index (κ2) is 3.75. The van der Waals surface area contributed by atoms with E-state index in [4.69, 9.17) is 5.73 Å². The van der Waals surface area contributed by atoms with E-state index in [1.165, 1.54) is 0 Å². The minimum absolute atomic E-state index is 0.0638. The SMILES string of the molecule is NC1CN(CCc2cccnc2)C1=O. The van der Waals surface area contributed by atoms with Crippen molar-refractivity contribution in [2.45, 2.75) is 12.5 Å². The van der Waals surface area contributed by atoms with Crippen molar-refractivity contribution in [2.24, 2.45) is 5.73 Å². The lowest BCUT2D eigenvalue weighted by atomic mass is 10.1. The van der Waals surface area contributed by atoms with Crippen LogP contribution in [0.5, 0.6) is 0 Å². The van der Waals surface area contributed by atoms with E-state index >= 15 is 0 Å². The molecule has 0 aromatic carbocycles. The molecule has 0 spiro atoms. The number of carbonyl (C=O) groups excluding carboxylic acids is 1. The third kappa shape index (κ3) is 1.75. The van der Waals surface area contributed by atoms with Crippen LogP contribution < -0.4 is 5.73 Å². The average Bonchev–Trinajstić information content (AvgIpc) is 2.25. The van der Waals surface area contributed by atoms with E-state index in [9.17, 15) is 4.79 Å². The third-order valence-electron chi connectivity index (χ3n) is 2.44. The van der Waals surface area contributed by atoms with Crippen LogP contribution in [0, 0.1) is 0 Å². The van der Waals surface area contributed by atoms with Crippen LogP contribution in [0.25, 0.3) is 0 Å². The summed E-state index contributed by atoms with van der Waals surface area (Å²) in [6.45, 7) is 1.44. The Bertz CT molecular complexity index is 325. The van der Waals surface area contributed by atoms with Crippen molar-refractivity contribution in [3.8, 4) is 0 Å². The fourth-order valence-electron chi connectivity index (χ4n) is 1.54. The van der Waals surface area contributed by atoms with E-state index in [-0.39, 0.29) is 11.9 Å². The molecule has 2 heterocycles. The summed E-state index contributed by atoms with van der Waals surface area (Å²) in [7, 11) is 0. The molecule has 2 rings (SSSR count). The second-order valence-electron chi connectivity index (χ2n) is 3.50. The molecule has 1 aromatic rings. The maximum atomic E-state index is 11.2.